The van der Waals surface area contributed by atoms with Crippen molar-refractivity contribution in [3.63, 3.8) is 0 Å². The van der Waals surface area contributed by atoms with E-state index in [2.05, 4.69) is 11.7 Å². The third-order valence-electron chi connectivity index (χ3n) is 6.13. The Labute approximate surface area is 197 Å². The molecule has 35 heavy (non-hydrogen) atoms. The van der Waals surface area contributed by atoms with Crippen LogP contribution in [0.2, 0.25) is 0 Å². The summed E-state index contributed by atoms with van der Waals surface area (Å²) in [5.41, 5.74) is -0.391. The van der Waals surface area contributed by atoms with Gasteiger partial charge in [-0.3, -0.25) is 0 Å². The van der Waals surface area contributed by atoms with Crippen molar-refractivity contribution in [2.24, 2.45) is 5.92 Å². The van der Waals surface area contributed by atoms with E-state index in [9.17, 15) is 26.3 Å². The van der Waals surface area contributed by atoms with Gasteiger partial charge in [-0.1, -0.05) is 37.6 Å². The van der Waals surface area contributed by atoms with Gasteiger partial charge in [-0.15, -0.1) is 0 Å². The van der Waals surface area contributed by atoms with Gasteiger partial charge in [0, 0.05) is 12.1 Å². The summed E-state index contributed by atoms with van der Waals surface area (Å²) in [5, 5.41) is 9.07. The molecule has 0 aliphatic carbocycles. The molecule has 3 aromatic carbocycles. The first kappa shape index (κ1) is 24.9. The van der Waals surface area contributed by atoms with E-state index in [1.807, 2.05) is 0 Å². The van der Waals surface area contributed by atoms with Crippen LogP contribution in [0.15, 0.2) is 48.5 Å². The molecule has 0 radical (unpaired) electrons. The molecule has 1 heterocycles. The molecule has 2 unspecified atom stereocenters. The van der Waals surface area contributed by atoms with Crippen LogP contribution >= 0.6 is 0 Å². The average molecular weight is 496 g/mol. The maximum atomic E-state index is 14.6. The molecular weight excluding hydrogens is 474 g/mol. The number of halogens is 6. The second-order valence-corrected chi connectivity index (χ2v) is 8.46. The van der Waals surface area contributed by atoms with Gasteiger partial charge >= 0.3 is 6.11 Å². The third kappa shape index (κ3) is 5.24. The monoisotopic (exact) mass is 496 g/mol. The van der Waals surface area contributed by atoms with Crippen LogP contribution in [0.1, 0.15) is 43.4 Å². The zero-order valence-corrected chi connectivity index (χ0v) is 18.6. The smallest absolute Gasteiger partial charge is 0.432 e. The molecule has 4 rings (SSSR count). The lowest BCUT2D eigenvalue weighted by Gasteiger charge is -2.28. The lowest BCUT2D eigenvalue weighted by Crippen LogP contribution is -2.25. The molecule has 0 amide bonds. The quantitative estimate of drug-likeness (QED) is 0.357. The first-order valence-corrected chi connectivity index (χ1v) is 11.0. The average Bonchev–Trinajstić information content (AvgIpc) is 2.81. The van der Waals surface area contributed by atoms with Crippen molar-refractivity contribution in [2.45, 2.75) is 38.4 Å². The second kappa shape index (κ2) is 9.81. The molecule has 0 saturated carbocycles. The number of aromatic hydroxyl groups is 1. The highest BCUT2D eigenvalue weighted by molar-refractivity contribution is 5.64. The van der Waals surface area contributed by atoms with Gasteiger partial charge < -0.3 is 14.6 Å². The Bertz CT molecular complexity index is 1160. The van der Waals surface area contributed by atoms with E-state index in [1.165, 1.54) is 0 Å². The Morgan fingerprint density at radius 2 is 1.49 bits per heavy atom. The Hall–Kier alpha value is -3.20. The second-order valence-electron chi connectivity index (χ2n) is 8.46. The van der Waals surface area contributed by atoms with E-state index in [4.69, 9.17) is 9.84 Å². The van der Waals surface area contributed by atoms with Crippen LogP contribution < -0.4 is 4.74 Å². The van der Waals surface area contributed by atoms with Crippen molar-refractivity contribution < 1.29 is 40.9 Å². The highest BCUT2D eigenvalue weighted by atomic mass is 19.3. The number of hydrogen-bond acceptors (Lipinski definition) is 3. The van der Waals surface area contributed by atoms with Crippen molar-refractivity contribution in [2.75, 3.05) is 6.61 Å². The van der Waals surface area contributed by atoms with Gasteiger partial charge in [0.05, 0.1) is 12.7 Å². The van der Waals surface area contributed by atoms with E-state index >= 15 is 0 Å². The molecule has 1 aliphatic heterocycles. The van der Waals surface area contributed by atoms with E-state index in [1.54, 1.807) is 24.3 Å². The lowest BCUT2D eigenvalue weighted by molar-refractivity contribution is -0.189. The lowest BCUT2D eigenvalue weighted by atomic mass is 9.92. The predicted octanol–water partition coefficient (Wildman–Crippen LogP) is 7.62. The highest BCUT2D eigenvalue weighted by Gasteiger charge is 2.41. The minimum atomic E-state index is -4.60. The zero-order chi connectivity index (χ0) is 25.3. The molecular formula is C26H22F6O3. The summed E-state index contributed by atoms with van der Waals surface area (Å²) in [5.74, 6) is -8.27. The van der Waals surface area contributed by atoms with E-state index < -0.39 is 46.4 Å². The largest absolute Gasteiger partial charge is 0.503 e. The molecule has 1 saturated heterocycles. The van der Waals surface area contributed by atoms with E-state index in [0.717, 1.165) is 37.0 Å². The van der Waals surface area contributed by atoms with Crippen LogP contribution in [-0.4, -0.2) is 11.7 Å². The van der Waals surface area contributed by atoms with Crippen molar-refractivity contribution in [1.82, 2.24) is 0 Å². The number of phenols is 1. The molecule has 2 atom stereocenters. The third-order valence-corrected chi connectivity index (χ3v) is 6.13. The SMILES string of the molecule is CCC1CCC(c2ccc(-c3cc(F)c(C(F)(F)Oc4cc(F)c(O)c(F)c4)c(F)c3)cc2)OC1. The molecule has 1 aliphatic rings. The number of benzene rings is 3. The molecule has 0 bridgehead atoms. The fraction of sp³-hybridized carbons (Fsp3) is 0.308. The molecule has 186 valence electrons. The maximum Gasteiger partial charge on any atom is 0.432 e. The summed E-state index contributed by atoms with van der Waals surface area (Å²) >= 11 is 0. The number of rotatable bonds is 6. The summed E-state index contributed by atoms with van der Waals surface area (Å²) < 4.78 is 95.3. The predicted molar refractivity (Wildman–Crippen MR) is 116 cm³/mol. The molecule has 0 aromatic heterocycles. The van der Waals surface area contributed by atoms with Crippen molar-refractivity contribution in [3.8, 4) is 22.6 Å². The van der Waals surface area contributed by atoms with Gasteiger partial charge in [-0.05, 0) is 47.6 Å². The maximum absolute atomic E-state index is 14.6. The summed E-state index contributed by atoms with van der Waals surface area (Å²) in [6.07, 6.45) is -1.72. The van der Waals surface area contributed by atoms with Gasteiger partial charge in [0.1, 0.15) is 22.9 Å². The van der Waals surface area contributed by atoms with Crippen LogP contribution in [0.25, 0.3) is 11.1 Å². The minimum absolute atomic E-state index is 0.0171. The number of ether oxygens (including phenoxy) is 2. The number of hydrogen-bond donors (Lipinski definition) is 1. The number of phenolic OH excluding ortho intramolecular Hbond substituents is 1. The van der Waals surface area contributed by atoms with Gasteiger partial charge in [0.15, 0.2) is 17.4 Å². The molecule has 3 aromatic rings. The summed E-state index contributed by atoms with van der Waals surface area (Å²) in [6, 6.07) is 8.78. The highest BCUT2D eigenvalue weighted by Crippen LogP contribution is 2.39. The summed E-state index contributed by atoms with van der Waals surface area (Å²) in [6.45, 7) is 2.78. The minimum Gasteiger partial charge on any atom is -0.503 e. The van der Waals surface area contributed by atoms with Gasteiger partial charge in [-0.2, -0.15) is 8.78 Å². The fourth-order valence-corrected chi connectivity index (χ4v) is 4.10. The normalized spacial score (nSPS) is 18.5. The molecule has 1 N–H and O–H groups in total. The van der Waals surface area contributed by atoms with Crippen molar-refractivity contribution in [1.29, 1.82) is 0 Å². The zero-order valence-electron chi connectivity index (χ0n) is 18.6. The van der Waals surface area contributed by atoms with Crippen molar-refractivity contribution >= 4 is 0 Å². The topological polar surface area (TPSA) is 38.7 Å². The van der Waals surface area contributed by atoms with Crippen LogP contribution in [-0.2, 0) is 10.8 Å². The summed E-state index contributed by atoms with van der Waals surface area (Å²) in [7, 11) is 0. The molecule has 1 fully saturated rings. The molecule has 3 nitrogen and oxygen atoms in total. The van der Waals surface area contributed by atoms with Crippen LogP contribution in [0.4, 0.5) is 26.3 Å². The van der Waals surface area contributed by atoms with Gasteiger partial charge in [-0.25, -0.2) is 17.6 Å². The van der Waals surface area contributed by atoms with E-state index in [-0.39, 0.29) is 23.8 Å². The Kier molecular flexibility index (Phi) is 6.98. The Balaban J connectivity index is 1.55. The van der Waals surface area contributed by atoms with Crippen LogP contribution in [0.3, 0.4) is 0 Å². The Morgan fingerprint density at radius 1 is 0.886 bits per heavy atom. The number of alkyl halides is 2. The van der Waals surface area contributed by atoms with Gasteiger partial charge in [0.2, 0.25) is 0 Å². The van der Waals surface area contributed by atoms with Gasteiger partial charge in [0.25, 0.3) is 0 Å². The first-order valence-electron chi connectivity index (χ1n) is 11.0. The van der Waals surface area contributed by atoms with Crippen LogP contribution in [0.5, 0.6) is 11.5 Å². The first-order chi connectivity index (χ1) is 16.6. The van der Waals surface area contributed by atoms with E-state index in [0.29, 0.717) is 18.1 Å². The fourth-order valence-electron chi connectivity index (χ4n) is 4.10. The van der Waals surface area contributed by atoms with Crippen LogP contribution in [0, 0.1) is 29.2 Å². The molecule has 9 heteroatoms. The molecule has 0 spiro atoms. The Morgan fingerprint density at radius 3 is 2.00 bits per heavy atom. The standard InChI is InChI=1S/C26H22F6O3/c1-2-14-3-8-23(34-13-14)16-6-4-15(5-7-16)17-9-19(27)24(20(28)10-17)26(31,32)35-18-11-21(29)25(33)22(30)12-18/h4-7,9-12,14,23,33H,2-3,8,13H2,1H3. The van der Waals surface area contributed by atoms with Crippen molar-refractivity contribution in [3.05, 3.63) is 82.9 Å². The summed E-state index contributed by atoms with van der Waals surface area (Å²) in [4.78, 5) is 0.